The SMILES string of the molecule is C=C/C=C(\C=C)Cc1cc2c(cn1)CCN2C(=O)CN1CCN[C@H](C)C1. The van der Waals surface area contributed by atoms with Gasteiger partial charge in [0, 0.05) is 50.5 Å². The van der Waals surface area contributed by atoms with E-state index in [0.29, 0.717) is 19.0 Å². The monoisotopic (exact) mass is 352 g/mol. The summed E-state index contributed by atoms with van der Waals surface area (Å²) in [5.41, 5.74) is 4.19. The summed E-state index contributed by atoms with van der Waals surface area (Å²) in [6, 6.07) is 2.49. The van der Waals surface area contributed by atoms with Gasteiger partial charge in [-0.2, -0.15) is 0 Å². The van der Waals surface area contributed by atoms with Gasteiger partial charge in [-0.15, -0.1) is 0 Å². The molecule has 1 aromatic heterocycles. The molecule has 26 heavy (non-hydrogen) atoms. The van der Waals surface area contributed by atoms with E-state index >= 15 is 0 Å². The second kappa shape index (κ2) is 8.43. The lowest BCUT2D eigenvalue weighted by atomic mass is 10.1. The zero-order valence-corrected chi connectivity index (χ0v) is 15.6. The fourth-order valence-corrected chi connectivity index (χ4v) is 3.66. The average Bonchev–Trinajstić information content (AvgIpc) is 3.04. The Bertz CT molecular complexity index is 725. The Labute approximate surface area is 156 Å². The van der Waals surface area contributed by atoms with Gasteiger partial charge in [0.05, 0.1) is 12.2 Å². The number of rotatable bonds is 6. The van der Waals surface area contributed by atoms with Crippen molar-refractivity contribution in [2.75, 3.05) is 37.6 Å². The third kappa shape index (κ3) is 4.29. The number of carbonyl (C=O) groups excluding carboxylic acids is 1. The maximum absolute atomic E-state index is 12.9. The van der Waals surface area contributed by atoms with E-state index < -0.39 is 0 Å². The molecule has 1 fully saturated rings. The minimum absolute atomic E-state index is 0.181. The fourth-order valence-electron chi connectivity index (χ4n) is 3.66. The van der Waals surface area contributed by atoms with E-state index in [-0.39, 0.29) is 5.91 Å². The van der Waals surface area contributed by atoms with Gasteiger partial charge in [0.25, 0.3) is 0 Å². The molecule has 0 spiro atoms. The molecule has 5 nitrogen and oxygen atoms in total. The van der Waals surface area contributed by atoms with Crippen LogP contribution < -0.4 is 10.2 Å². The minimum Gasteiger partial charge on any atom is -0.312 e. The van der Waals surface area contributed by atoms with Crippen LogP contribution in [0.2, 0.25) is 0 Å². The third-order valence-corrected chi connectivity index (χ3v) is 5.01. The second-order valence-electron chi connectivity index (χ2n) is 7.05. The van der Waals surface area contributed by atoms with Crippen molar-refractivity contribution in [1.29, 1.82) is 0 Å². The summed E-state index contributed by atoms with van der Waals surface area (Å²) < 4.78 is 0. The zero-order chi connectivity index (χ0) is 18.5. The lowest BCUT2D eigenvalue weighted by Gasteiger charge is -2.32. The van der Waals surface area contributed by atoms with Crippen LogP contribution in [0.5, 0.6) is 0 Å². The van der Waals surface area contributed by atoms with Crippen molar-refractivity contribution < 1.29 is 4.79 Å². The number of pyridine rings is 1. The Morgan fingerprint density at radius 2 is 2.27 bits per heavy atom. The van der Waals surface area contributed by atoms with E-state index in [2.05, 4.69) is 41.3 Å². The maximum atomic E-state index is 12.9. The quantitative estimate of drug-likeness (QED) is 0.797. The molecule has 1 aromatic rings. The normalized spacial score (nSPS) is 20.7. The summed E-state index contributed by atoms with van der Waals surface area (Å²) in [6.07, 6.45) is 9.01. The number of allylic oxidation sites excluding steroid dienone is 4. The van der Waals surface area contributed by atoms with Gasteiger partial charge < -0.3 is 10.2 Å². The Morgan fingerprint density at radius 3 is 3.00 bits per heavy atom. The summed E-state index contributed by atoms with van der Waals surface area (Å²) in [5, 5.41) is 3.42. The molecular weight excluding hydrogens is 324 g/mol. The molecule has 1 atom stereocenters. The first kappa shape index (κ1) is 18.5. The van der Waals surface area contributed by atoms with Crippen LogP contribution in [0.25, 0.3) is 0 Å². The molecule has 0 saturated carbocycles. The fraction of sp³-hybridized carbons (Fsp3) is 0.429. The summed E-state index contributed by atoms with van der Waals surface area (Å²) in [4.78, 5) is 21.6. The summed E-state index contributed by atoms with van der Waals surface area (Å²) >= 11 is 0. The number of piperazine rings is 1. The van der Waals surface area contributed by atoms with Crippen molar-refractivity contribution in [1.82, 2.24) is 15.2 Å². The molecular formula is C21H28N4O. The highest BCUT2D eigenvalue weighted by atomic mass is 16.2. The van der Waals surface area contributed by atoms with Gasteiger partial charge in [-0.1, -0.05) is 31.4 Å². The van der Waals surface area contributed by atoms with Gasteiger partial charge in [-0.3, -0.25) is 14.7 Å². The van der Waals surface area contributed by atoms with E-state index in [9.17, 15) is 4.79 Å². The number of nitrogens with zero attached hydrogens (tertiary/aromatic N) is 3. The molecule has 138 valence electrons. The van der Waals surface area contributed by atoms with Gasteiger partial charge in [-0.05, 0) is 30.5 Å². The molecule has 1 saturated heterocycles. The standard InChI is InChI=1S/C21H28N4O/c1-4-6-17(5-2)11-19-12-20-18(13-23-19)7-9-25(20)21(26)15-24-10-8-22-16(3)14-24/h4-6,12-13,16,22H,1-2,7-11,14-15H2,3H3/b17-6+/t16-/m1/s1. The molecule has 1 N–H and O–H groups in total. The van der Waals surface area contributed by atoms with Crippen molar-refractivity contribution in [3.8, 4) is 0 Å². The van der Waals surface area contributed by atoms with E-state index in [1.54, 1.807) is 6.08 Å². The number of hydrogen-bond donors (Lipinski definition) is 1. The molecule has 0 radical (unpaired) electrons. The van der Waals surface area contributed by atoms with Crippen LogP contribution in [0.15, 0.2) is 49.2 Å². The first-order valence-electron chi connectivity index (χ1n) is 9.28. The predicted molar refractivity (Wildman–Crippen MR) is 106 cm³/mol. The number of anilines is 1. The first-order chi connectivity index (χ1) is 12.6. The number of hydrogen-bond acceptors (Lipinski definition) is 4. The molecule has 3 rings (SSSR count). The average molecular weight is 352 g/mol. The molecule has 0 aromatic carbocycles. The number of carbonyl (C=O) groups is 1. The van der Waals surface area contributed by atoms with Crippen molar-refractivity contribution in [3.05, 3.63) is 60.5 Å². The van der Waals surface area contributed by atoms with Crippen LogP contribution in [0.4, 0.5) is 5.69 Å². The lowest BCUT2D eigenvalue weighted by molar-refractivity contribution is -0.119. The van der Waals surface area contributed by atoms with Crippen LogP contribution in [0, 0.1) is 0 Å². The number of aromatic nitrogens is 1. The van der Waals surface area contributed by atoms with Crippen molar-refractivity contribution in [3.63, 3.8) is 0 Å². The van der Waals surface area contributed by atoms with E-state index in [1.165, 1.54) is 0 Å². The van der Waals surface area contributed by atoms with E-state index in [0.717, 1.165) is 55.1 Å². The van der Waals surface area contributed by atoms with E-state index in [4.69, 9.17) is 0 Å². The Kier molecular flexibility index (Phi) is 6.01. The van der Waals surface area contributed by atoms with Gasteiger partial charge in [0.2, 0.25) is 5.91 Å². The van der Waals surface area contributed by atoms with Crippen molar-refractivity contribution >= 4 is 11.6 Å². The topological polar surface area (TPSA) is 48.5 Å². The van der Waals surface area contributed by atoms with Gasteiger partial charge in [-0.25, -0.2) is 0 Å². The first-order valence-corrected chi connectivity index (χ1v) is 9.28. The number of amides is 1. The Balaban J connectivity index is 1.72. The molecule has 0 bridgehead atoms. The molecule has 5 heteroatoms. The van der Waals surface area contributed by atoms with Gasteiger partial charge in [0.1, 0.15) is 0 Å². The third-order valence-electron chi connectivity index (χ3n) is 5.01. The molecule has 2 aliphatic heterocycles. The highest BCUT2D eigenvalue weighted by molar-refractivity contribution is 5.96. The molecule has 0 unspecified atom stereocenters. The van der Waals surface area contributed by atoms with Gasteiger partial charge in [0.15, 0.2) is 0 Å². The highest BCUT2D eigenvalue weighted by Gasteiger charge is 2.27. The largest absolute Gasteiger partial charge is 0.312 e. The minimum atomic E-state index is 0.181. The number of nitrogens with one attached hydrogen (secondary N) is 1. The summed E-state index contributed by atoms with van der Waals surface area (Å²) in [5.74, 6) is 0.181. The van der Waals surface area contributed by atoms with Crippen molar-refractivity contribution in [2.24, 2.45) is 0 Å². The maximum Gasteiger partial charge on any atom is 0.241 e. The lowest BCUT2D eigenvalue weighted by Crippen LogP contribution is -2.52. The van der Waals surface area contributed by atoms with Crippen molar-refractivity contribution in [2.45, 2.75) is 25.8 Å². The second-order valence-corrected chi connectivity index (χ2v) is 7.05. The summed E-state index contributed by atoms with van der Waals surface area (Å²) in [6.45, 7) is 13.8. The summed E-state index contributed by atoms with van der Waals surface area (Å²) in [7, 11) is 0. The Morgan fingerprint density at radius 1 is 1.42 bits per heavy atom. The smallest absolute Gasteiger partial charge is 0.241 e. The van der Waals surface area contributed by atoms with Crippen LogP contribution in [-0.2, 0) is 17.6 Å². The van der Waals surface area contributed by atoms with Crippen LogP contribution in [0.1, 0.15) is 18.2 Å². The Hall–Kier alpha value is -2.24. The molecule has 1 amide bonds. The molecule has 0 aliphatic carbocycles. The predicted octanol–water partition coefficient (Wildman–Crippen LogP) is 2.11. The van der Waals surface area contributed by atoms with Crippen LogP contribution in [0.3, 0.4) is 0 Å². The van der Waals surface area contributed by atoms with Crippen LogP contribution >= 0.6 is 0 Å². The van der Waals surface area contributed by atoms with E-state index in [1.807, 2.05) is 23.2 Å². The van der Waals surface area contributed by atoms with Gasteiger partial charge >= 0.3 is 0 Å². The highest BCUT2D eigenvalue weighted by Crippen LogP contribution is 2.29. The van der Waals surface area contributed by atoms with Crippen LogP contribution in [-0.4, -0.2) is 54.6 Å². The molecule has 2 aliphatic rings. The zero-order valence-electron chi connectivity index (χ0n) is 15.6. The number of fused-ring (bicyclic) bond motifs is 1. The molecule has 3 heterocycles.